The number of alkyl carbamates (subject to hydrolysis) is 1. The fourth-order valence-corrected chi connectivity index (χ4v) is 4.48. The summed E-state index contributed by atoms with van der Waals surface area (Å²) in [5, 5.41) is 18.8. The van der Waals surface area contributed by atoms with E-state index in [1.807, 2.05) is 58.0 Å². The highest BCUT2D eigenvalue weighted by Gasteiger charge is 2.28. The summed E-state index contributed by atoms with van der Waals surface area (Å²) >= 11 is 0. The van der Waals surface area contributed by atoms with E-state index >= 15 is 0 Å². The van der Waals surface area contributed by atoms with Crippen LogP contribution in [0, 0.1) is 12.8 Å². The van der Waals surface area contributed by atoms with Crippen LogP contribution >= 0.6 is 0 Å². The smallest absolute Gasteiger partial charge is 0.407 e. The zero-order valence-electron chi connectivity index (χ0n) is 22.5. The zero-order chi connectivity index (χ0) is 27.3. The molecule has 2 aromatic heterocycles. The second-order valence-electron chi connectivity index (χ2n) is 10.6. The number of hydrogen-bond acceptors (Lipinski definition) is 8. The highest BCUT2D eigenvalue weighted by Crippen LogP contribution is 2.27. The Hall–Kier alpha value is -4.02. The van der Waals surface area contributed by atoms with Crippen LogP contribution in [-0.2, 0) is 17.8 Å². The number of tetrazole rings is 1. The number of benzene rings is 1. The van der Waals surface area contributed by atoms with E-state index in [0.717, 1.165) is 30.6 Å². The Morgan fingerprint density at radius 1 is 1.16 bits per heavy atom. The molecule has 0 saturated heterocycles. The van der Waals surface area contributed by atoms with Gasteiger partial charge >= 0.3 is 6.09 Å². The molecule has 2 N–H and O–H groups in total. The molecule has 0 bridgehead atoms. The molecule has 3 aromatic rings. The summed E-state index contributed by atoms with van der Waals surface area (Å²) in [4.78, 5) is 30.9. The summed E-state index contributed by atoms with van der Waals surface area (Å²) in [7, 11) is 1.61. The number of methoxy groups -OCH3 is 1. The molecule has 11 heteroatoms. The molecule has 11 nitrogen and oxygen atoms in total. The molecule has 2 amide bonds. The quantitative estimate of drug-likeness (QED) is 0.459. The number of ether oxygens (including phenoxy) is 2. The van der Waals surface area contributed by atoms with Gasteiger partial charge in [-0.3, -0.25) is 4.79 Å². The lowest BCUT2D eigenvalue weighted by Crippen LogP contribution is -2.38. The van der Waals surface area contributed by atoms with Gasteiger partial charge in [-0.25, -0.2) is 9.78 Å². The molecule has 4 rings (SSSR count). The molecule has 1 aromatic carbocycles. The first-order valence-corrected chi connectivity index (χ1v) is 12.8. The van der Waals surface area contributed by atoms with Crippen LogP contribution in [0.1, 0.15) is 61.8 Å². The Labute approximate surface area is 222 Å². The third kappa shape index (κ3) is 7.50. The number of aryl methyl sites for hydroxylation is 1. The third-order valence-corrected chi connectivity index (χ3v) is 6.17. The van der Waals surface area contributed by atoms with Gasteiger partial charge in [0, 0.05) is 23.8 Å². The van der Waals surface area contributed by atoms with Gasteiger partial charge in [0.05, 0.1) is 13.7 Å². The molecular weight excluding hydrogens is 486 g/mol. The number of aromatic nitrogens is 5. The van der Waals surface area contributed by atoms with Crippen LogP contribution in [0.5, 0.6) is 5.75 Å². The number of hydrogen-bond donors (Lipinski definition) is 2. The lowest BCUT2D eigenvalue weighted by atomic mass is 10.1. The Morgan fingerprint density at radius 3 is 2.74 bits per heavy atom. The molecule has 1 fully saturated rings. The minimum Gasteiger partial charge on any atom is -0.497 e. The normalized spacial score (nSPS) is 17.2. The van der Waals surface area contributed by atoms with Crippen molar-refractivity contribution >= 4 is 12.0 Å². The van der Waals surface area contributed by atoms with Gasteiger partial charge in [0.25, 0.3) is 5.91 Å². The highest BCUT2D eigenvalue weighted by molar-refractivity contribution is 5.93. The van der Waals surface area contributed by atoms with Crippen LogP contribution < -0.4 is 15.4 Å². The first-order chi connectivity index (χ1) is 18.1. The van der Waals surface area contributed by atoms with Gasteiger partial charge in [0.15, 0.2) is 0 Å². The van der Waals surface area contributed by atoms with E-state index in [0.29, 0.717) is 36.1 Å². The van der Waals surface area contributed by atoms with E-state index in [4.69, 9.17) is 9.47 Å². The number of amides is 2. The van der Waals surface area contributed by atoms with Crippen molar-refractivity contribution in [2.75, 3.05) is 7.11 Å². The van der Waals surface area contributed by atoms with Gasteiger partial charge in [-0.05, 0) is 87.9 Å². The van der Waals surface area contributed by atoms with Crippen molar-refractivity contribution in [3.8, 4) is 17.1 Å². The second kappa shape index (κ2) is 11.6. The van der Waals surface area contributed by atoms with Crippen molar-refractivity contribution in [3.05, 3.63) is 53.3 Å². The molecular formula is C27H35N7O4. The Morgan fingerprint density at radius 2 is 1.97 bits per heavy atom. The topological polar surface area (TPSA) is 133 Å². The molecule has 0 aliphatic heterocycles. The van der Waals surface area contributed by atoms with Crippen LogP contribution in [0.15, 0.2) is 36.4 Å². The van der Waals surface area contributed by atoms with Crippen LogP contribution in [0.4, 0.5) is 4.79 Å². The average molecular weight is 522 g/mol. The Bertz CT molecular complexity index is 1280. The van der Waals surface area contributed by atoms with Gasteiger partial charge in [0.1, 0.15) is 17.0 Å². The SMILES string of the molecule is COc1cccc(CNC(=O)c2cc(-c3nnn(CC4CCC(NC(=O)OC(C)(C)C)C4)n3)cc(C)n2)c1. The van der Waals surface area contributed by atoms with Crippen LogP contribution in [0.2, 0.25) is 0 Å². The Balaban J connectivity index is 1.35. The minimum absolute atomic E-state index is 0.0683. The number of pyridine rings is 1. The number of rotatable bonds is 8. The molecule has 0 spiro atoms. The van der Waals surface area contributed by atoms with Gasteiger partial charge in [-0.2, -0.15) is 4.80 Å². The summed E-state index contributed by atoms with van der Waals surface area (Å²) in [6.45, 7) is 8.31. The van der Waals surface area contributed by atoms with Crippen molar-refractivity contribution in [3.63, 3.8) is 0 Å². The Kier molecular flexibility index (Phi) is 8.23. The molecule has 2 unspecified atom stereocenters. The molecule has 1 aliphatic rings. The number of carbonyl (C=O) groups is 2. The summed E-state index contributed by atoms with van der Waals surface area (Å²) in [5.74, 6) is 1.18. The first kappa shape index (κ1) is 27.0. The maximum Gasteiger partial charge on any atom is 0.407 e. The predicted molar refractivity (Wildman–Crippen MR) is 140 cm³/mol. The van der Waals surface area contributed by atoms with Gasteiger partial charge in [-0.15, -0.1) is 10.2 Å². The predicted octanol–water partition coefficient (Wildman–Crippen LogP) is 3.68. The van der Waals surface area contributed by atoms with E-state index in [2.05, 4.69) is 31.0 Å². The van der Waals surface area contributed by atoms with E-state index in [1.165, 1.54) is 0 Å². The maximum atomic E-state index is 12.8. The molecule has 2 heterocycles. The largest absolute Gasteiger partial charge is 0.497 e. The van der Waals surface area contributed by atoms with Gasteiger partial charge in [-0.1, -0.05) is 12.1 Å². The number of nitrogens with zero attached hydrogens (tertiary/aromatic N) is 5. The van der Waals surface area contributed by atoms with Crippen molar-refractivity contribution in [2.24, 2.45) is 5.92 Å². The number of nitrogens with one attached hydrogen (secondary N) is 2. The maximum absolute atomic E-state index is 12.8. The molecule has 38 heavy (non-hydrogen) atoms. The van der Waals surface area contributed by atoms with E-state index < -0.39 is 5.60 Å². The minimum atomic E-state index is -0.523. The fourth-order valence-electron chi connectivity index (χ4n) is 4.48. The summed E-state index contributed by atoms with van der Waals surface area (Å²) in [6, 6.07) is 11.1. The van der Waals surface area contributed by atoms with Crippen molar-refractivity contribution in [1.29, 1.82) is 0 Å². The van der Waals surface area contributed by atoms with E-state index in [9.17, 15) is 9.59 Å². The lowest BCUT2D eigenvalue weighted by Gasteiger charge is -2.21. The monoisotopic (exact) mass is 521 g/mol. The average Bonchev–Trinajstić information content (AvgIpc) is 3.50. The molecule has 0 radical (unpaired) electrons. The van der Waals surface area contributed by atoms with Crippen LogP contribution in [0.25, 0.3) is 11.4 Å². The van der Waals surface area contributed by atoms with Crippen LogP contribution in [0.3, 0.4) is 0 Å². The second-order valence-corrected chi connectivity index (χ2v) is 10.6. The highest BCUT2D eigenvalue weighted by atomic mass is 16.6. The lowest BCUT2D eigenvalue weighted by molar-refractivity contribution is 0.0504. The fraction of sp³-hybridized carbons (Fsp3) is 0.481. The summed E-state index contributed by atoms with van der Waals surface area (Å²) < 4.78 is 10.6. The van der Waals surface area contributed by atoms with Crippen molar-refractivity contribution in [1.82, 2.24) is 35.8 Å². The standard InChI is InChI=1S/C27H35N7O4/c1-17-11-20(14-23(29-17)25(35)28-15-18-7-6-8-22(13-18)37-5)24-31-33-34(32-24)16-19-9-10-21(12-19)30-26(36)38-27(2,3)4/h6-8,11,13-14,19,21H,9-10,12,15-16H2,1-5H3,(H,28,35)(H,30,36). The molecule has 1 aliphatic carbocycles. The molecule has 2 atom stereocenters. The first-order valence-electron chi connectivity index (χ1n) is 12.8. The molecule has 1 saturated carbocycles. The van der Waals surface area contributed by atoms with Crippen molar-refractivity contribution in [2.45, 2.75) is 71.7 Å². The summed E-state index contributed by atoms with van der Waals surface area (Å²) in [6.07, 6.45) is 2.26. The van der Waals surface area contributed by atoms with Crippen LogP contribution in [-0.4, -0.2) is 55.9 Å². The van der Waals surface area contributed by atoms with Gasteiger partial charge < -0.3 is 20.1 Å². The van der Waals surface area contributed by atoms with Gasteiger partial charge in [0.2, 0.25) is 5.82 Å². The molecule has 202 valence electrons. The van der Waals surface area contributed by atoms with E-state index in [1.54, 1.807) is 18.0 Å². The number of carbonyl (C=O) groups excluding carboxylic acids is 2. The third-order valence-electron chi connectivity index (χ3n) is 6.17. The van der Waals surface area contributed by atoms with Crippen molar-refractivity contribution < 1.29 is 19.1 Å². The van der Waals surface area contributed by atoms with E-state index in [-0.39, 0.29) is 23.7 Å². The zero-order valence-corrected chi connectivity index (χ0v) is 22.5. The summed E-state index contributed by atoms with van der Waals surface area (Å²) in [5.41, 5.74) is 2.03.